The first-order valence-electron chi connectivity index (χ1n) is 10.2. The smallest absolute Gasteiger partial charge is 0.264 e. The lowest BCUT2D eigenvalue weighted by Crippen LogP contribution is -2.35. The molecule has 1 fully saturated rings. The van der Waals surface area contributed by atoms with Crippen LogP contribution in [0.25, 0.3) is 0 Å². The maximum atomic E-state index is 13.1. The Morgan fingerprint density at radius 2 is 1.79 bits per heavy atom. The van der Waals surface area contributed by atoms with Crippen LogP contribution in [0.2, 0.25) is 0 Å². The number of rotatable bonds is 4. The Labute approximate surface area is 177 Å². The van der Waals surface area contributed by atoms with Gasteiger partial charge in [0.05, 0.1) is 9.88 Å². The number of hydrogen-bond donors (Lipinski definition) is 1. The largest absolute Gasteiger partial charge is 0.337 e. The summed E-state index contributed by atoms with van der Waals surface area (Å²) in [5.41, 5.74) is 1.77. The van der Waals surface area contributed by atoms with Gasteiger partial charge in [-0.05, 0) is 30.5 Å². The number of benzene rings is 1. The molecule has 1 aliphatic heterocycles. The van der Waals surface area contributed by atoms with Crippen molar-refractivity contribution < 1.29 is 9.59 Å². The average molecular weight is 414 g/mol. The van der Waals surface area contributed by atoms with E-state index in [1.165, 1.54) is 16.9 Å². The quantitative estimate of drug-likeness (QED) is 0.809. The van der Waals surface area contributed by atoms with Gasteiger partial charge >= 0.3 is 0 Å². The van der Waals surface area contributed by atoms with Crippen LogP contribution in [0, 0.1) is 12.3 Å². The van der Waals surface area contributed by atoms with Crippen LogP contribution in [0.3, 0.4) is 0 Å². The molecule has 156 valence electrons. The fourth-order valence-electron chi connectivity index (χ4n) is 3.37. The predicted octanol–water partition coefficient (Wildman–Crippen LogP) is 4.39. The van der Waals surface area contributed by atoms with Gasteiger partial charge in [0.25, 0.3) is 5.91 Å². The van der Waals surface area contributed by atoms with Crippen molar-refractivity contribution in [2.24, 2.45) is 5.41 Å². The zero-order chi connectivity index (χ0) is 21.0. The topological polar surface area (TPSA) is 52.7 Å². The standard InChI is InChI=1S/C23H31N3O2S/c1-17-15-19(24-22(28)23(2,3)4)29-20(17)21(27)26-12-8-11-25(13-14-26)16-18-9-6-5-7-10-18/h5-7,9-10,15H,8,11-14,16H2,1-4H3,(H,24,28). The van der Waals surface area contributed by atoms with Crippen molar-refractivity contribution in [1.82, 2.24) is 9.80 Å². The van der Waals surface area contributed by atoms with Crippen LogP contribution in [0.5, 0.6) is 0 Å². The van der Waals surface area contributed by atoms with Crippen molar-refractivity contribution in [3.63, 3.8) is 0 Å². The highest BCUT2D eigenvalue weighted by Gasteiger charge is 2.25. The molecule has 6 heteroatoms. The molecule has 2 aromatic rings. The van der Waals surface area contributed by atoms with Crippen molar-refractivity contribution in [3.8, 4) is 0 Å². The maximum Gasteiger partial charge on any atom is 0.264 e. The van der Waals surface area contributed by atoms with Crippen LogP contribution in [0.4, 0.5) is 5.00 Å². The first kappa shape index (κ1) is 21.5. The summed E-state index contributed by atoms with van der Waals surface area (Å²) in [5, 5.41) is 3.69. The van der Waals surface area contributed by atoms with Crippen molar-refractivity contribution in [2.75, 3.05) is 31.5 Å². The molecule has 5 nitrogen and oxygen atoms in total. The molecule has 0 unspecified atom stereocenters. The minimum Gasteiger partial charge on any atom is -0.337 e. The highest BCUT2D eigenvalue weighted by atomic mass is 32.1. The minimum absolute atomic E-state index is 0.0379. The Bertz CT molecular complexity index is 855. The number of anilines is 1. The van der Waals surface area contributed by atoms with Crippen LogP contribution >= 0.6 is 11.3 Å². The number of carbonyl (C=O) groups excluding carboxylic acids is 2. The second-order valence-electron chi connectivity index (χ2n) is 8.73. The number of thiophene rings is 1. The van der Waals surface area contributed by atoms with Gasteiger partial charge in [-0.15, -0.1) is 11.3 Å². The number of amides is 2. The number of aryl methyl sites for hydroxylation is 1. The second-order valence-corrected chi connectivity index (χ2v) is 9.79. The normalized spacial score (nSPS) is 15.8. The predicted molar refractivity (Wildman–Crippen MR) is 119 cm³/mol. The van der Waals surface area contributed by atoms with Gasteiger partial charge in [0.15, 0.2) is 0 Å². The fraction of sp³-hybridized carbons (Fsp3) is 0.478. The third-order valence-electron chi connectivity index (χ3n) is 5.15. The second kappa shape index (κ2) is 9.09. The summed E-state index contributed by atoms with van der Waals surface area (Å²) in [7, 11) is 0. The molecular formula is C23H31N3O2S. The Morgan fingerprint density at radius 3 is 2.48 bits per heavy atom. The SMILES string of the molecule is Cc1cc(NC(=O)C(C)(C)C)sc1C(=O)N1CCCN(Cc2ccccc2)CC1. The number of nitrogens with zero attached hydrogens (tertiary/aromatic N) is 2. The maximum absolute atomic E-state index is 13.1. The zero-order valence-electron chi connectivity index (χ0n) is 17.8. The lowest BCUT2D eigenvalue weighted by molar-refractivity contribution is -0.123. The molecule has 2 heterocycles. The van der Waals surface area contributed by atoms with Crippen molar-refractivity contribution in [2.45, 2.75) is 40.7 Å². The van der Waals surface area contributed by atoms with Gasteiger partial charge in [-0.3, -0.25) is 14.5 Å². The van der Waals surface area contributed by atoms with E-state index in [1.807, 2.05) is 44.7 Å². The van der Waals surface area contributed by atoms with Crippen LogP contribution < -0.4 is 5.32 Å². The molecule has 1 saturated heterocycles. The molecule has 0 bridgehead atoms. The summed E-state index contributed by atoms with van der Waals surface area (Å²) in [4.78, 5) is 30.5. The molecule has 0 saturated carbocycles. The molecule has 29 heavy (non-hydrogen) atoms. The molecule has 1 N–H and O–H groups in total. The monoisotopic (exact) mass is 413 g/mol. The summed E-state index contributed by atoms with van der Waals surface area (Å²) in [6, 6.07) is 12.4. The van der Waals surface area contributed by atoms with Crippen LogP contribution in [-0.2, 0) is 11.3 Å². The van der Waals surface area contributed by atoms with Crippen molar-refractivity contribution in [3.05, 3.63) is 52.4 Å². The van der Waals surface area contributed by atoms with Gasteiger partial charge in [-0.2, -0.15) is 0 Å². The number of hydrogen-bond acceptors (Lipinski definition) is 4. The molecule has 1 aliphatic rings. The third kappa shape index (κ3) is 5.67. The molecule has 1 aromatic heterocycles. The molecule has 0 radical (unpaired) electrons. The van der Waals surface area contributed by atoms with E-state index >= 15 is 0 Å². The third-order valence-corrected chi connectivity index (χ3v) is 6.30. The average Bonchev–Trinajstić information content (AvgIpc) is 2.87. The Hall–Kier alpha value is -2.18. The minimum atomic E-state index is -0.463. The zero-order valence-corrected chi connectivity index (χ0v) is 18.6. The van der Waals surface area contributed by atoms with Crippen LogP contribution in [0.1, 0.15) is 48.0 Å². The molecule has 0 atom stereocenters. The van der Waals surface area contributed by atoms with Crippen LogP contribution in [0.15, 0.2) is 36.4 Å². The summed E-state index contributed by atoms with van der Waals surface area (Å²) in [6.07, 6.45) is 0.969. The van der Waals surface area contributed by atoms with E-state index in [1.54, 1.807) is 0 Å². The highest BCUT2D eigenvalue weighted by molar-refractivity contribution is 7.18. The van der Waals surface area contributed by atoms with Gasteiger partial charge in [-0.25, -0.2) is 0 Å². The van der Waals surface area contributed by atoms with Gasteiger partial charge < -0.3 is 10.2 Å². The molecule has 0 aliphatic carbocycles. The van der Waals surface area contributed by atoms with Crippen molar-refractivity contribution >= 4 is 28.2 Å². The fourth-order valence-corrected chi connectivity index (χ4v) is 4.41. The molecule has 0 spiro atoms. The summed E-state index contributed by atoms with van der Waals surface area (Å²) >= 11 is 1.38. The summed E-state index contributed by atoms with van der Waals surface area (Å²) in [6.45, 7) is 11.9. The van der Waals surface area contributed by atoms with E-state index in [2.05, 4.69) is 34.5 Å². The lowest BCUT2D eigenvalue weighted by Gasteiger charge is -2.22. The first-order chi connectivity index (χ1) is 13.7. The molecule has 2 amide bonds. The van der Waals surface area contributed by atoms with E-state index < -0.39 is 5.41 Å². The van der Waals surface area contributed by atoms with E-state index in [0.717, 1.165) is 54.6 Å². The highest BCUT2D eigenvalue weighted by Crippen LogP contribution is 2.29. The summed E-state index contributed by atoms with van der Waals surface area (Å²) < 4.78 is 0. The summed E-state index contributed by atoms with van der Waals surface area (Å²) in [5.74, 6) is 0.0365. The van der Waals surface area contributed by atoms with Crippen LogP contribution in [-0.4, -0.2) is 47.8 Å². The first-order valence-corrected chi connectivity index (χ1v) is 11.0. The Kier molecular flexibility index (Phi) is 6.75. The molecular weight excluding hydrogens is 382 g/mol. The van der Waals surface area contributed by atoms with E-state index in [-0.39, 0.29) is 11.8 Å². The Morgan fingerprint density at radius 1 is 1.07 bits per heavy atom. The number of nitrogens with one attached hydrogen (secondary N) is 1. The van der Waals surface area contributed by atoms with E-state index in [9.17, 15) is 9.59 Å². The van der Waals surface area contributed by atoms with E-state index in [4.69, 9.17) is 0 Å². The Balaban J connectivity index is 1.62. The van der Waals surface area contributed by atoms with Gasteiger partial charge in [0.1, 0.15) is 0 Å². The number of carbonyl (C=O) groups is 2. The lowest BCUT2D eigenvalue weighted by atomic mass is 9.96. The van der Waals surface area contributed by atoms with Gasteiger partial charge in [0.2, 0.25) is 5.91 Å². The van der Waals surface area contributed by atoms with Crippen molar-refractivity contribution in [1.29, 1.82) is 0 Å². The molecule has 1 aromatic carbocycles. The van der Waals surface area contributed by atoms with Gasteiger partial charge in [0, 0.05) is 38.1 Å². The van der Waals surface area contributed by atoms with Gasteiger partial charge in [-0.1, -0.05) is 51.1 Å². The molecule has 3 rings (SSSR count). The van der Waals surface area contributed by atoms with E-state index in [0.29, 0.717) is 0 Å².